The third-order valence-electron chi connectivity index (χ3n) is 5.60. The van der Waals surface area contributed by atoms with Crippen LogP contribution in [0.5, 0.6) is 11.5 Å². The fraction of sp³-hybridized carbons (Fsp3) is 0.462. The van der Waals surface area contributed by atoms with Gasteiger partial charge in [-0.25, -0.2) is 9.78 Å². The maximum absolute atomic E-state index is 12.9. The van der Waals surface area contributed by atoms with E-state index < -0.39 is 35.9 Å². The Labute approximate surface area is 201 Å². The molecule has 34 heavy (non-hydrogen) atoms. The molecule has 2 rings (SSSR count). The standard InChI is InChI=1S/C26H34N2O6/c1-14(2)25(30)34-23-21(32-8)11-12-27-22(23)24(29)28-18(6)26(31)33-19(7)17(5)20-10-9-15(3)13-16(20)4/h9-14,17-19H,1-8H3,(H,28,29)/t17-,18+,19+/m1/s1. The first-order valence-electron chi connectivity index (χ1n) is 11.3. The van der Waals surface area contributed by atoms with Crippen LogP contribution in [-0.4, -0.2) is 42.1 Å². The number of benzene rings is 1. The Kier molecular flexibility index (Phi) is 9.18. The fourth-order valence-corrected chi connectivity index (χ4v) is 3.37. The summed E-state index contributed by atoms with van der Waals surface area (Å²) in [5, 5.41) is 2.57. The molecule has 1 N–H and O–H groups in total. The van der Waals surface area contributed by atoms with Crippen molar-refractivity contribution >= 4 is 17.8 Å². The van der Waals surface area contributed by atoms with Gasteiger partial charge in [0.1, 0.15) is 12.1 Å². The van der Waals surface area contributed by atoms with Crippen molar-refractivity contribution in [1.82, 2.24) is 10.3 Å². The summed E-state index contributed by atoms with van der Waals surface area (Å²) in [7, 11) is 1.39. The Morgan fingerprint density at radius 3 is 2.24 bits per heavy atom. The number of aromatic nitrogens is 1. The van der Waals surface area contributed by atoms with Crippen LogP contribution in [0.25, 0.3) is 0 Å². The number of rotatable bonds is 9. The fourth-order valence-electron chi connectivity index (χ4n) is 3.37. The van der Waals surface area contributed by atoms with Crippen molar-refractivity contribution in [2.45, 2.75) is 66.5 Å². The van der Waals surface area contributed by atoms with Crippen molar-refractivity contribution < 1.29 is 28.6 Å². The van der Waals surface area contributed by atoms with Crippen LogP contribution >= 0.6 is 0 Å². The predicted octanol–water partition coefficient (Wildman–Crippen LogP) is 4.12. The minimum absolute atomic E-state index is 0.0328. The third-order valence-corrected chi connectivity index (χ3v) is 5.60. The molecule has 2 aromatic rings. The zero-order chi connectivity index (χ0) is 25.6. The summed E-state index contributed by atoms with van der Waals surface area (Å²) in [5.41, 5.74) is 3.23. The zero-order valence-corrected chi connectivity index (χ0v) is 21.1. The Morgan fingerprint density at radius 2 is 1.65 bits per heavy atom. The maximum atomic E-state index is 12.9. The number of nitrogens with one attached hydrogen (secondary N) is 1. The van der Waals surface area contributed by atoms with Crippen LogP contribution in [0.3, 0.4) is 0 Å². The lowest BCUT2D eigenvalue weighted by Gasteiger charge is -2.24. The maximum Gasteiger partial charge on any atom is 0.328 e. The summed E-state index contributed by atoms with van der Waals surface area (Å²) in [6.07, 6.45) is 0.947. The summed E-state index contributed by atoms with van der Waals surface area (Å²) in [6, 6.07) is 6.69. The second-order valence-corrected chi connectivity index (χ2v) is 8.75. The Morgan fingerprint density at radius 1 is 0.971 bits per heavy atom. The summed E-state index contributed by atoms with van der Waals surface area (Å²) in [5.74, 6) is -2.18. The molecule has 0 saturated carbocycles. The minimum atomic E-state index is -0.956. The van der Waals surface area contributed by atoms with Gasteiger partial charge in [-0.3, -0.25) is 9.59 Å². The predicted molar refractivity (Wildman–Crippen MR) is 128 cm³/mol. The highest BCUT2D eigenvalue weighted by molar-refractivity contribution is 5.98. The molecule has 8 heteroatoms. The van der Waals surface area contributed by atoms with Gasteiger partial charge in [0.25, 0.3) is 5.91 Å². The number of nitrogens with zero attached hydrogens (tertiary/aromatic N) is 1. The molecule has 184 valence electrons. The quantitative estimate of drug-likeness (QED) is 0.550. The van der Waals surface area contributed by atoms with E-state index in [1.165, 1.54) is 31.9 Å². The SMILES string of the molecule is COc1ccnc(C(=O)N[C@@H](C)C(=O)O[C@@H](C)[C@@H](C)c2ccc(C)cc2C)c1OC(=O)C(C)C. The van der Waals surface area contributed by atoms with Crippen LogP contribution < -0.4 is 14.8 Å². The number of aryl methyl sites for hydroxylation is 2. The van der Waals surface area contributed by atoms with Gasteiger partial charge in [0.05, 0.1) is 13.0 Å². The number of carbonyl (C=O) groups is 3. The first-order chi connectivity index (χ1) is 16.0. The van der Waals surface area contributed by atoms with E-state index in [9.17, 15) is 14.4 Å². The van der Waals surface area contributed by atoms with Crippen molar-refractivity contribution in [3.8, 4) is 11.5 Å². The van der Waals surface area contributed by atoms with Gasteiger partial charge < -0.3 is 19.5 Å². The average molecular weight is 471 g/mol. The van der Waals surface area contributed by atoms with Gasteiger partial charge in [0.15, 0.2) is 11.4 Å². The van der Waals surface area contributed by atoms with Gasteiger partial charge in [-0.1, -0.05) is 44.5 Å². The summed E-state index contributed by atoms with van der Waals surface area (Å²) in [6.45, 7) is 12.7. The van der Waals surface area contributed by atoms with Crippen molar-refractivity contribution in [2.75, 3.05) is 7.11 Å². The molecule has 1 amide bonds. The normalized spacial score (nSPS) is 13.6. The molecule has 0 aliphatic carbocycles. The topological polar surface area (TPSA) is 104 Å². The number of pyridine rings is 1. The number of hydrogen-bond acceptors (Lipinski definition) is 7. The van der Waals surface area contributed by atoms with Crippen LogP contribution in [0.2, 0.25) is 0 Å². The minimum Gasteiger partial charge on any atom is -0.493 e. The van der Waals surface area contributed by atoms with E-state index in [1.807, 2.05) is 39.8 Å². The Hall–Kier alpha value is -3.42. The van der Waals surface area contributed by atoms with Crippen molar-refractivity contribution in [3.05, 3.63) is 52.8 Å². The molecule has 0 saturated heterocycles. The molecule has 1 aromatic carbocycles. The van der Waals surface area contributed by atoms with Gasteiger partial charge in [-0.2, -0.15) is 0 Å². The molecule has 0 fully saturated rings. The molecule has 0 unspecified atom stereocenters. The van der Waals surface area contributed by atoms with E-state index in [2.05, 4.69) is 16.4 Å². The summed E-state index contributed by atoms with van der Waals surface area (Å²) in [4.78, 5) is 41.7. The largest absolute Gasteiger partial charge is 0.493 e. The van der Waals surface area contributed by atoms with E-state index in [4.69, 9.17) is 14.2 Å². The molecule has 3 atom stereocenters. The number of hydrogen-bond donors (Lipinski definition) is 1. The first kappa shape index (κ1) is 26.8. The smallest absolute Gasteiger partial charge is 0.328 e. The first-order valence-corrected chi connectivity index (χ1v) is 11.3. The lowest BCUT2D eigenvalue weighted by atomic mass is 9.91. The van der Waals surface area contributed by atoms with E-state index >= 15 is 0 Å². The molecule has 0 bridgehead atoms. The van der Waals surface area contributed by atoms with Crippen LogP contribution in [0.4, 0.5) is 0 Å². The average Bonchev–Trinajstić information content (AvgIpc) is 2.78. The Balaban J connectivity index is 2.11. The number of esters is 2. The van der Waals surface area contributed by atoms with Crippen LogP contribution in [0.1, 0.15) is 67.7 Å². The zero-order valence-electron chi connectivity index (χ0n) is 21.1. The molecule has 0 radical (unpaired) electrons. The van der Waals surface area contributed by atoms with Gasteiger partial charge in [-0.15, -0.1) is 0 Å². The van der Waals surface area contributed by atoms with Gasteiger partial charge in [-0.05, 0) is 38.8 Å². The highest BCUT2D eigenvalue weighted by Crippen LogP contribution is 2.30. The summed E-state index contributed by atoms with van der Waals surface area (Å²) >= 11 is 0. The summed E-state index contributed by atoms with van der Waals surface area (Å²) < 4.78 is 16.2. The van der Waals surface area contributed by atoms with Crippen molar-refractivity contribution in [3.63, 3.8) is 0 Å². The van der Waals surface area contributed by atoms with Crippen LogP contribution in [0, 0.1) is 19.8 Å². The molecule has 1 heterocycles. The number of amides is 1. The molecular formula is C26H34N2O6. The van der Waals surface area contributed by atoms with Crippen molar-refractivity contribution in [1.29, 1.82) is 0 Å². The van der Waals surface area contributed by atoms with E-state index in [1.54, 1.807) is 13.8 Å². The third kappa shape index (κ3) is 6.56. The molecule has 0 aliphatic heterocycles. The van der Waals surface area contributed by atoms with Crippen molar-refractivity contribution in [2.24, 2.45) is 5.92 Å². The molecule has 0 aliphatic rings. The highest BCUT2D eigenvalue weighted by Gasteiger charge is 2.28. The second-order valence-electron chi connectivity index (χ2n) is 8.75. The monoisotopic (exact) mass is 470 g/mol. The van der Waals surface area contributed by atoms with Gasteiger partial charge >= 0.3 is 11.9 Å². The van der Waals surface area contributed by atoms with E-state index in [-0.39, 0.29) is 23.1 Å². The molecule has 8 nitrogen and oxygen atoms in total. The number of methoxy groups -OCH3 is 1. The van der Waals surface area contributed by atoms with Gasteiger partial charge in [0, 0.05) is 18.2 Å². The second kappa shape index (κ2) is 11.6. The molecular weight excluding hydrogens is 436 g/mol. The number of carbonyl (C=O) groups excluding carboxylic acids is 3. The molecule has 0 spiro atoms. The highest BCUT2D eigenvalue weighted by atomic mass is 16.6. The van der Waals surface area contributed by atoms with Gasteiger partial charge in [0.2, 0.25) is 5.75 Å². The lowest BCUT2D eigenvalue weighted by Crippen LogP contribution is -2.41. The Bertz CT molecular complexity index is 1050. The van der Waals surface area contributed by atoms with Crippen LogP contribution in [0.15, 0.2) is 30.5 Å². The van der Waals surface area contributed by atoms with E-state index in [0.29, 0.717) is 0 Å². The number of ether oxygens (including phenoxy) is 3. The van der Waals surface area contributed by atoms with Crippen LogP contribution in [-0.2, 0) is 14.3 Å². The lowest BCUT2D eigenvalue weighted by molar-refractivity contribution is -0.151. The molecule has 1 aromatic heterocycles. The van der Waals surface area contributed by atoms with E-state index in [0.717, 1.165) is 11.1 Å².